The van der Waals surface area contributed by atoms with E-state index in [0.29, 0.717) is 6.42 Å². The molecule has 0 amide bonds. The molecular weight excluding hydrogens is 280 g/mol. The van der Waals surface area contributed by atoms with Crippen molar-refractivity contribution in [1.82, 2.24) is 0 Å². The van der Waals surface area contributed by atoms with Crippen LogP contribution in [0.5, 0.6) is 0 Å². The minimum atomic E-state index is -0.0184. The Morgan fingerprint density at radius 2 is 1.48 bits per heavy atom. The molecule has 2 bridgehead atoms. The summed E-state index contributed by atoms with van der Waals surface area (Å²) in [6.45, 7) is 0. The van der Waals surface area contributed by atoms with Crippen LogP contribution in [0.3, 0.4) is 0 Å². The van der Waals surface area contributed by atoms with Crippen LogP contribution in [0.15, 0.2) is 48.5 Å². The van der Waals surface area contributed by atoms with Crippen molar-refractivity contribution in [3.63, 3.8) is 0 Å². The molecule has 0 aromatic heterocycles. The molecule has 0 saturated carbocycles. The van der Waals surface area contributed by atoms with E-state index in [1.54, 1.807) is 0 Å². The largest absolute Gasteiger partial charge is 0.364 e. The fourth-order valence-electron chi connectivity index (χ4n) is 4.04. The maximum absolute atomic E-state index is 11.9. The lowest BCUT2D eigenvalue weighted by atomic mass is 9.75. The highest BCUT2D eigenvalue weighted by Gasteiger charge is 2.49. The molecule has 1 aliphatic carbocycles. The number of thioether (sulfide) groups is 1. The quantitative estimate of drug-likeness (QED) is 0.742. The number of ether oxygens (including phenoxy) is 1. The minimum Gasteiger partial charge on any atom is -0.364 e. The van der Waals surface area contributed by atoms with E-state index in [2.05, 4.69) is 48.5 Å². The van der Waals surface area contributed by atoms with Crippen LogP contribution in [0.2, 0.25) is 0 Å². The first-order chi connectivity index (χ1) is 10.3. The molecule has 4 aliphatic rings. The minimum absolute atomic E-state index is 0.0184. The number of rotatable bonds is 0. The topological polar surface area (TPSA) is 26.3 Å². The Bertz CT molecular complexity index is 707. The first-order valence-electron chi connectivity index (χ1n) is 7.35. The van der Waals surface area contributed by atoms with Gasteiger partial charge in [0.05, 0.1) is 6.10 Å². The third-order valence-electron chi connectivity index (χ3n) is 4.87. The van der Waals surface area contributed by atoms with E-state index < -0.39 is 0 Å². The fourth-order valence-corrected chi connectivity index (χ4v) is 5.35. The molecule has 0 radical (unpaired) electrons. The van der Waals surface area contributed by atoms with Gasteiger partial charge in [0, 0.05) is 17.6 Å². The second kappa shape index (κ2) is 4.21. The lowest BCUT2D eigenvalue weighted by Gasteiger charge is -2.31. The van der Waals surface area contributed by atoms with E-state index >= 15 is 0 Å². The standard InChI is InChI=1S/C18H14O2S/c19-15-9-14-18(21-15)16-10-5-1-3-7-12(10)17(20-14)13-8-4-2-6-11(13)16/h1-8,14,16-18H,9H2/t14-,16?,17?,18+/m0/s1. The molecule has 21 heavy (non-hydrogen) atoms. The molecule has 1 saturated heterocycles. The molecule has 104 valence electrons. The van der Waals surface area contributed by atoms with Crippen molar-refractivity contribution in [3.05, 3.63) is 70.8 Å². The van der Waals surface area contributed by atoms with Gasteiger partial charge < -0.3 is 4.74 Å². The van der Waals surface area contributed by atoms with E-state index in [4.69, 9.17) is 4.74 Å². The highest BCUT2D eigenvalue weighted by atomic mass is 32.2. The molecule has 2 atom stereocenters. The van der Waals surface area contributed by atoms with Gasteiger partial charge in [-0.15, -0.1) is 0 Å². The third kappa shape index (κ3) is 1.56. The van der Waals surface area contributed by atoms with Gasteiger partial charge in [-0.25, -0.2) is 0 Å². The monoisotopic (exact) mass is 294 g/mol. The first kappa shape index (κ1) is 12.0. The molecule has 3 aliphatic heterocycles. The van der Waals surface area contributed by atoms with Crippen molar-refractivity contribution >= 4 is 16.9 Å². The molecule has 2 aromatic carbocycles. The molecule has 2 aromatic rings. The Kier molecular flexibility index (Phi) is 2.41. The van der Waals surface area contributed by atoms with Crippen molar-refractivity contribution in [2.75, 3.05) is 0 Å². The van der Waals surface area contributed by atoms with Crippen LogP contribution in [-0.4, -0.2) is 16.5 Å². The average molecular weight is 294 g/mol. The molecule has 2 nitrogen and oxygen atoms in total. The summed E-state index contributed by atoms with van der Waals surface area (Å²) in [6.07, 6.45) is 0.567. The van der Waals surface area contributed by atoms with E-state index in [1.807, 2.05) is 0 Å². The van der Waals surface area contributed by atoms with Gasteiger partial charge in [0.25, 0.3) is 0 Å². The van der Waals surface area contributed by atoms with Gasteiger partial charge in [-0.3, -0.25) is 4.79 Å². The Morgan fingerprint density at radius 3 is 2.10 bits per heavy atom. The van der Waals surface area contributed by atoms with Gasteiger partial charge in [-0.05, 0) is 22.3 Å². The predicted octanol–water partition coefficient (Wildman–Crippen LogP) is 3.65. The van der Waals surface area contributed by atoms with E-state index in [-0.39, 0.29) is 28.5 Å². The van der Waals surface area contributed by atoms with Gasteiger partial charge in [0.1, 0.15) is 6.10 Å². The summed E-state index contributed by atoms with van der Waals surface area (Å²) in [6, 6.07) is 17.1. The Morgan fingerprint density at radius 1 is 0.905 bits per heavy atom. The molecule has 0 unspecified atom stereocenters. The third-order valence-corrected chi connectivity index (χ3v) is 6.15. The van der Waals surface area contributed by atoms with Crippen molar-refractivity contribution in [2.24, 2.45) is 0 Å². The summed E-state index contributed by atoms with van der Waals surface area (Å²) in [5.74, 6) is 0.276. The first-order valence-corrected chi connectivity index (χ1v) is 8.23. The average Bonchev–Trinajstić information content (AvgIpc) is 2.75. The molecule has 0 N–H and O–H groups in total. The van der Waals surface area contributed by atoms with Crippen LogP contribution in [0.25, 0.3) is 0 Å². The van der Waals surface area contributed by atoms with Gasteiger partial charge in [0.15, 0.2) is 5.12 Å². The van der Waals surface area contributed by atoms with Gasteiger partial charge >= 0.3 is 0 Å². The normalized spacial score (nSPS) is 32.3. The van der Waals surface area contributed by atoms with Crippen LogP contribution < -0.4 is 0 Å². The van der Waals surface area contributed by atoms with E-state index in [0.717, 1.165) is 0 Å². The van der Waals surface area contributed by atoms with Crippen LogP contribution >= 0.6 is 11.8 Å². The Hall–Kier alpha value is -1.58. The van der Waals surface area contributed by atoms with Crippen molar-refractivity contribution in [3.8, 4) is 0 Å². The molecule has 0 spiro atoms. The zero-order valence-corrected chi connectivity index (χ0v) is 12.2. The lowest BCUT2D eigenvalue weighted by molar-refractivity contribution is -0.112. The highest BCUT2D eigenvalue weighted by molar-refractivity contribution is 8.14. The summed E-state index contributed by atoms with van der Waals surface area (Å²) >= 11 is 1.49. The highest BCUT2D eigenvalue weighted by Crippen LogP contribution is 2.55. The van der Waals surface area contributed by atoms with Crippen molar-refractivity contribution in [2.45, 2.75) is 29.8 Å². The van der Waals surface area contributed by atoms with E-state index in [1.165, 1.54) is 34.0 Å². The SMILES string of the molecule is O=C1C[C@@H]2OC3c4ccccc4C(c4ccccc43)[C@@H]2S1. The maximum Gasteiger partial charge on any atom is 0.191 e. The molecule has 3 heteroatoms. The van der Waals surface area contributed by atoms with Crippen molar-refractivity contribution in [1.29, 1.82) is 0 Å². The second-order valence-corrected chi connectivity index (χ2v) is 7.18. The Labute approximate surface area is 127 Å². The summed E-state index contributed by atoms with van der Waals surface area (Å²) in [4.78, 5) is 11.9. The molecule has 6 rings (SSSR count). The van der Waals surface area contributed by atoms with Crippen LogP contribution in [0, 0.1) is 0 Å². The smallest absolute Gasteiger partial charge is 0.191 e. The second-order valence-electron chi connectivity index (χ2n) is 5.95. The van der Waals surface area contributed by atoms with E-state index in [9.17, 15) is 4.79 Å². The van der Waals surface area contributed by atoms with Crippen LogP contribution in [-0.2, 0) is 9.53 Å². The maximum atomic E-state index is 11.9. The zero-order chi connectivity index (χ0) is 14.0. The van der Waals surface area contributed by atoms with Gasteiger partial charge in [-0.2, -0.15) is 0 Å². The van der Waals surface area contributed by atoms with Crippen LogP contribution in [0.1, 0.15) is 40.7 Å². The number of carbonyl (C=O) groups is 1. The van der Waals surface area contributed by atoms with Crippen LogP contribution in [0.4, 0.5) is 0 Å². The van der Waals surface area contributed by atoms with Gasteiger partial charge in [0.2, 0.25) is 0 Å². The number of hydrogen-bond acceptors (Lipinski definition) is 3. The molecule has 1 fully saturated rings. The van der Waals surface area contributed by atoms with Crippen molar-refractivity contribution < 1.29 is 9.53 Å². The molecule has 3 heterocycles. The van der Waals surface area contributed by atoms with Gasteiger partial charge in [-0.1, -0.05) is 60.3 Å². The zero-order valence-electron chi connectivity index (χ0n) is 11.4. The summed E-state index contributed by atoms with van der Waals surface area (Å²) < 4.78 is 6.41. The lowest BCUT2D eigenvalue weighted by Crippen LogP contribution is -2.24. The number of carbonyl (C=O) groups excluding carboxylic acids is 1. The Balaban J connectivity index is 1.81. The summed E-state index contributed by atoms with van der Waals surface area (Å²) in [7, 11) is 0. The molecular formula is C18H14O2S. The number of benzene rings is 2. The summed E-state index contributed by atoms with van der Waals surface area (Å²) in [5.41, 5.74) is 5.25. The number of hydrogen-bond donors (Lipinski definition) is 0. The summed E-state index contributed by atoms with van der Waals surface area (Å²) in [5, 5.41) is 0.486. The predicted molar refractivity (Wildman–Crippen MR) is 82.4 cm³/mol. The fraction of sp³-hybridized carbons (Fsp3) is 0.278.